The monoisotopic (exact) mass is 512 g/mol. The number of hydrogen-bond donors (Lipinski definition) is 1. The molecule has 0 aliphatic carbocycles. The Morgan fingerprint density at radius 3 is 2.03 bits per heavy atom. The minimum absolute atomic E-state index is 0.138. The lowest BCUT2D eigenvalue weighted by Gasteiger charge is -2.40. The Kier molecular flexibility index (Phi) is 5.21. The second-order valence-corrected chi connectivity index (χ2v) is 11.3. The van der Waals surface area contributed by atoms with Crippen molar-refractivity contribution in [3.8, 4) is 11.8 Å². The minimum Gasteiger partial charge on any atom is -0.369 e. The quantitative estimate of drug-likeness (QED) is 0.582. The van der Waals surface area contributed by atoms with E-state index < -0.39 is 68.8 Å². The van der Waals surface area contributed by atoms with Gasteiger partial charge in [-0.3, -0.25) is 4.79 Å². The van der Waals surface area contributed by atoms with Crippen LogP contribution in [-0.2, 0) is 14.6 Å². The van der Waals surface area contributed by atoms with Gasteiger partial charge in [-0.2, -0.15) is 10.4 Å². The fourth-order valence-electron chi connectivity index (χ4n) is 2.51. The van der Waals surface area contributed by atoms with Crippen LogP contribution in [0.1, 0.15) is 24.1 Å². The highest BCUT2D eigenvalue weighted by molar-refractivity contribution is 8.45. The van der Waals surface area contributed by atoms with Gasteiger partial charge in [-0.1, -0.05) is 42.6 Å². The van der Waals surface area contributed by atoms with Gasteiger partial charge in [0.25, 0.3) is 0 Å². The summed E-state index contributed by atoms with van der Waals surface area (Å²) in [5, 5.41) is 10.1. The number of nitrogens with two attached hydrogens (primary N) is 1. The summed E-state index contributed by atoms with van der Waals surface area (Å²) < 4.78 is 90.6. The average Bonchev–Trinajstić information content (AvgIpc) is 2.90. The number of nitrogens with zero attached hydrogens (tertiary/aromatic N) is 3. The molecule has 166 valence electrons. The highest BCUT2D eigenvalue weighted by atomic mass is 35.5. The molecule has 1 heterocycles. The second-order valence-electron chi connectivity index (χ2n) is 6.19. The van der Waals surface area contributed by atoms with Gasteiger partial charge in [-0.15, -0.1) is 0 Å². The van der Waals surface area contributed by atoms with Crippen molar-refractivity contribution in [1.29, 1.82) is 5.26 Å². The van der Waals surface area contributed by atoms with Gasteiger partial charge < -0.3 is 5.73 Å². The molecule has 1 atom stereocenters. The maximum atomic E-state index is 13.1. The normalized spacial score (nSPS) is 15.7. The predicted octanol–water partition coefficient (Wildman–Crippen LogP) is 4.70. The molecule has 0 saturated carbocycles. The molecular formula is C14H11Cl2F5N4O3S2. The van der Waals surface area contributed by atoms with E-state index in [1.165, 1.54) is 13.0 Å². The van der Waals surface area contributed by atoms with Crippen molar-refractivity contribution in [1.82, 2.24) is 9.78 Å². The third-order valence-electron chi connectivity index (χ3n) is 3.84. The van der Waals surface area contributed by atoms with Crippen LogP contribution in [0.5, 0.6) is 0 Å². The van der Waals surface area contributed by atoms with E-state index in [9.17, 15) is 37.9 Å². The summed E-state index contributed by atoms with van der Waals surface area (Å²) in [4.78, 5) is 9.17. The first kappa shape index (κ1) is 24.2. The van der Waals surface area contributed by atoms with Crippen LogP contribution in [0.2, 0.25) is 10.0 Å². The second kappa shape index (κ2) is 6.46. The van der Waals surface area contributed by atoms with Crippen molar-refractivity contribution in [2.45, 2.75) is 22.8 Å². The molecule has 0 aliphatic heterocycles. The Labute approximate surface area is 176 Å². The molecule has 0 spiro atoms. The molecule has 2 N–H and O–H groups in total. The summed E-state index contributed by atoms with van der Waals surface area (Å²) >= 11 is 11.5. The summed E-state index contributed by atoms with van der Waals surface area (Å²) in [6, 6.07) is 1.26. The van der Waals surface area contributed by atoms with Crippen LogP contribution in [0.25, 0.3) is 5.69 Å². The first-order valence-corrected chi connectivity index (χ1v) is 12.0. The van der Waals surface area contributed by atoms with Gasteiger partial charge in [0.05, 0.1) is 16.0 Å². The van der Waals surface area contributed by atoms with E-state index in [1.54, 1.807) is 0 Å². The lowest BCUT2D eigenvalue weighted by Crippen LogP contribution is -2.21. The minimum atomic E-state index is -10.2. The highest BCUT2D eigenvalue weighted by Crippen LogP contribution is 3.02. The van der Waals surface area contributed by atoms with Crippen LogP contribution in [0.3, 0.4) is 0 Å². The van der Waals surface area contributed by atoms with Crippen molar-refractivity contribution in [2.24, 2.45) is 5.73 Å². The van der Waals surface area contributed by atoms with E-state index in [4.69, 9.17) is 28.9 Å². The molecule has 7 nitrogen and oxygen atoms in total. The van der Waals surface area contributed by atoms with Crippen molar-refractivity contribution < 1.29 is 32.6 Å². The standard InChI is InChI=1S/C14H11Cl2F5N4O3S2/c1-6(13(23)26)11-10(5-22)24-25(14(11)29(2,27)28)12-8(15)3-7(4-9(12)16)30(17,18,19,20)21/h3-4,6H,1-2H3,(H2,23,26). The molecule has 0 aliphatic rings. The summed E-state index contributed by atoms with van der Waals surface area (Å²) in [7, 11) is -14.5. The highest BCUT2D eigenvalue weighted by Gasteiger charge is 2.65. The van der Waals surface area contributed by atoms with Gasteiger partial charge >= 0.3 is 10.2 Å². The van der Waals surface area contributed by atoms with Crippen LogP contribution < -0.4 is 5.73 Å². The molecule has 0 bridgehead atoms. The zero-order valence-corrected chi connectivity index (χ0v) is 18.0. The Bertz CT molecular complexity index is 1220. The van der Waals surface area contributed by atoms with Crippen LogP contribution in [0, 0.1) is 11.3 Å². The van der Waals surface area contributed by atoms with Gasteiger partial charge in [0.2, 0.25) is 5.91 Å². The molecule has 1 aromatic carbocycles. The van der Waals surface area contributed by atoms with E-state index in [1.807, 2.05) is 0 Å². The summed E-state index contributed by atoms with van der Waals surface area (Å²) in [6.07, 6.45) is 0.657. The number of carbonyl (C=O) groups excluding carboxylic acids is 1. The largest absolute Gasteiger partial charge is 0.369 e. The lowest BCUT2D eigenvalue weighted by atomic mass is 10.0. The molecule has 2 aromatic rings. The number of amides is 1. The average molecular weight is 513 g/mol. The molecule has 0 radical (unpaired) electrons. The molecule has 0 saturated heterocycles. The first-order valence-electron chi connectivity index (χ1n) is 7.45. The Hall–Kier alpha value is -2.08. The molecule has 2 rings (SSSR count). The number of halogens is 7. The zero-order valence-electron chi connectivity index (χ0n) is 14.8. The number of nitriles is 1. The number of primary amides is 1. The molecule has 16 heteroatoms. The fraction of sp³-hybridized carbons (Fsp3) is 0.214. The number of aromatic nitrogens is 2. The van der Waals surface area contributed by atoms with Crippen LogP contribution in [0.15, 0.2) is 22.1 Å². The van der Waals surface area contributed by atoms with Crippen LogP contribution in [-0.4, -0.2) is 30.4 Å². The van der Waals surface area contributed by atoms with Crippen LogP contribution in [0.4, 0.5) is 19.4 Å². The third-order valence-corrected chi connectivity index (χ3v) is 6.64. The third kappa shape index (κ3) is 4.48. The zero-order chi connectivity index (χ0) is 23.5. The first-order chi connectivity index (χ1) is 13.2. The molecule has 1 aromatic heterocycles. The maximum absolute atomic E-state index is 13.1. The van der Waals surface area contributed by atoms with E-state index >= 15 is 0 Å². The van der Waals surface area contributed by atoms with Gasteiger partial charge in [0, 0.05) is 11.8 Å². The molecule has 30 heavy (non-hydrogen) atoms. The Morgan fingerprint density at radius 2 is 1.70 bits per heavy atom. The van der Waals surface area contributed by atoms with Gasteiger partial charge in [-0.25, -0.2) is 13.1 Å². The van der Waals surface area contributed by atoms with Crippen molar-refractivity contribution >= 4 is 49.2 Å². The maximum Gasteiger partial charge on any atom is 0.310 e. The van der Waals surface area contributed by atoms with Gasteiger partial charge in [0.1, 0.15) is 16.7 Å². The molecule has 1 amide bonds. The SMILES string of the molecule is CC(C(N)=O)c1c(C#N)nn(-c2c(Cl)cc(S(F)(F)(F)(F)F)cc2Cl)c1S(C)(=O)=O. The number of hydrogen-bond acceptors (Lipinski definition) is 5. The van der Waals surface area contributed by atoms with Gasteiger partial charge in [0.15, 0.2) is 20.6 Å². The van der Waals surface area contributed by atoms with Gasteiger partial charge in [-0.05, 0) is 19.1 Å². The number of carbonyl (C=O) groups is 1. The van der Waals surface area contributed by atoms with Crippen molar-refractivity contribution in [3.05, 3.63) is 33.4 Å². The molecule has 0 fully saturated rings. The summed E-state index contributed by atoms with van der Waals surface area (Å²) in [5.41, 5.74) is 3.40. The van der Waals surface area contributed by atoms with Crippen molar-refractivity contribution in [3.63, 3.8) is 0 Å². The van der Waals surface area contributed by atoms with E-state index in [0.29, 0.717) is 10.9 Å². The van der Waals surface area contributed by atoms with Crippen molar-refractivity contribution in [2.75, 3.05) is 6.26 Å². The fourth-order valence-corrected chi connectivity index (χ4v) is 5.08. The molecular weight excluding hydrogens is 502 g/mol. The lowest BCUT2D eigenvalue weighted by molar-refractivity contribution is -0.119. The predicted molar refractivity (Wildman–Crippen MR) is 100 cm³/mol. The number of sulfone groups is 1. The van der Waals surface area contributed by atoms with E-state index in [2.05, 4.69) is 5.10 Å². The van der Waals surface area contributed by atoms with E-state index in [-0.39, 0.29) is 12.1 Å². The summed E-state index contributed by atoms with van der Waals surface area (Å²) in [6.45, 7) is 1.17. The Balaban J connectivity index is 3.01. The molecule has 1 unspecified atom stereocenters. The number of benzene rings is 1. The topological polar surface area (TPSA) is 119 Å². The van der Waals surface area contributed by atoms with Crippen LogP contribution >= 0.6 is 33.4 Å². The number of rotatable bonds is 5. The summed E-state index contributed by atoms with van der Waals surface area (Å²) in [5.74, 6) is -2.40. The van der Waals surface area contributed by atoms with E-state index in [0.717, 1.165) is 0 Å². The smallest absolute Gasteiger partial charge is 0.310 e. The Morgan fingerprint density at radius 1 is 1.23 bits per heavy atom.